The first-order chi connectivity index (χ1) is 9.84. The molecular formula is C14H10F3NO3. The van der Waals surface area contributed by atoms with Gasteiger partial charge in [-0.2, -0.15) is 13.2 Å². The Hall–Kier alpha value is -2.57. The number of rotatable bonds is 4. The molecule has 0 atom stereocenters. The van der Waals surface area contributed by atoms with E-state index in [1.165, 1.54) is 24.3 Å². The van der Waals surface area contributed by atoms with Crippen LogP contribution in [0.3, 0.4) is 0 Å². The molecule has 1 N–H and O–H groups in total. The summed E-state index contributed by atoms with van der Waals surface area (Å²) in [5.41, 5.74) is -0.290. The topological polar surface area (TPSA) is 59.4 Å². The maximum atomic E-state index is 12.5. The molecule has 0 fully saturated rings. The summed E-state index contributed by atoms with van der Waals surface area (Å²) in [6, 6.07) is 7.64. The molecule has 21 heavy (non-hydrogen) atoms. The van der Waals surface area contributed by atoms with Crippen molar-refractivity contribution in [1.29, 1.82) is 0 Å². The summed E-state index contributed by atoms with van der Waals surface area (Å²) < 4.78 is 42.8. The van der Waals surface area contributed by atoms with Crippen LogP contribution in [0.25, 0.3) is 0 Å². The van der Waals surface area contributed by atoms with Gasteiger partial charge in [-0.25, -0.2) is 4.98 Å². The summed E-state index contributed by atoms with van der Waals surface area (Å²) in [7, 11) is 0. The van der Waals surface area contributed by atoms with Crippen LogP contribution in [0.15, 0.2) is 42.6 Å². The van der Waals surface area contributed by atoms with Crippen LogP contribution in [0.2, 0.25) is 0 Å². The second kappa shape index (κ2) is 5.82. The van der Waals surface area contributed by atoms with Crippen molar-refractivity contribution < 1.29 is 27.8 Å². The second-order valence-electron chi connectivity index (χ2n) is 4.20. The van der Waals surface area contributed by atoms with Gasteiger partial charge in [0.1, 0.15) is 5.75 Å². The van der Waals surface area contributed by atoms with E-state index in [0.29, 0.717) is 5.56 Å². The highest BCUT2D eigenvalue weighted by Gasteiger charge is 2.31. The Morgan fingerprint density at radius 2 is 1.86 bits per heavy atom. The number of carboxylic acid groups (broad SMARTS) is 1. The molecule has 0 unspecified atom stereocenters. The van der Waals surface area contributed by atoms with Crippen LogP contribution in [-0.4, -0.2) is 16.1 Å². The lowest BCUT2D eigenvalue weighted by atomic mass is 10.1. The molecule has 0 saturated heterocycles. The first kappa shape index (κ1) is 14.8. The van der Waals surface area contributed by atoms with Gasteiger partial charge in [0.2, 0.25) is 5.88 Å². The van der Waals surface area contributed by atoms with Gasteiger partial charge in [-0.1, -0.05) is 12.1 Å². The Bertz CT molecular complexity index is 639. The van der Waals surface area contributed by atoms with Crippen molar-refractivity contribution in [2.75, 3.05) is 0 Å². The number of hydrogen-bond acceptors (Lipinski definition) is 3. The average Bonchev–Trinajstić information content (AvgIpc) is 2.40. The van der Waals surface area contributed by atoms with E-state index in [0.717, 1.165) is 18.3 Å². The molecule has 0 bridgehead atoms. The fourth-order valence-electron chi connectivity index (χ4n) is 1.61. The number of hydrogen-bond donors (Lipinski definition) is 1. The van der Waals surface area contributed by atoms with Gasteiger partial charge in [0.25, 0.3) is 0 Å². The van der Waals surface area contributed by atoms with Gasteiger partial charge in [-0.3, -0.25) is 4.79 Å². The molecule has 4 nitrogen and oxygen atoms in total. The zero-order valence-corrected chi connectivity index (χ0v) is 10.6. The van der Waals surface area contributed by atoms with Gasteiger partial charge in [-0.15, -0.1) is 0 Å². The van der Waals surface area contributed by atoms with Crippen molar-refractivity contribution in [3.8, 4) is 11.6 Å². The van der Waals surface area contributed by atoms with Crippen molar-refractivity contribution in [1.82, 2.24) is 4.98 Å². The molecule has 1 aromatic heterocycles. The van der Waals surface area contributed by atoms with Gasteiger partial charge < -0.3 is 9.84 Å². The number of benzene rings is 1. The molecule has 1 heterocycles. The summed E-state index contributed by atoms with van der Waals surface area (Å²) in [6.07, 6.45) is -3.59. The first-order valence-corrected chi connectivity index (χ1v) is 5.86. The zero-order chi connectivity index (χ0) is 15.5. The SMILES string of the molecule is O=C(O)Cc1ccc(Oc2cc(C(F)(F)F)ccn2)cc1. The molecule has 0 saturated carbocycles. The Labute approximate surface area is 117 Å². The Morgan fingerprint density at radius 1 is 1.19 bits per heavy atom. The standard InChI is InChI=1S/C14H10F3NO3/c15-14(16,17)10-5-6-18-12(8-10)21-11-3-1-9(2-4-11)7-13(19)20/h1-6,8H,7H2,(H,19,20). The minimum Gasteiger partial charge on any atom is -0.481 e. The Balaban J connectivity index is 2.13. The molecule has 0 spiro atoms. The number of carboxylic acids is 1. The number of carbonyl (C=O) groups is 1. The van der Waals surface area contributed by atoms with E-state index >= 15 is 0 Å². The van der Waals surface area contributed by atoms with Gasteiger partial charge in [0.05, 0.1) is 12.0 Å². The molecule has 0 aliphatic carbocycles. The van der Waals surface area contributed by atoms with Crippen LogP contribution < -0.4 is 4.74 Å². The molecule has 0 radical (unpaired) electrons. The van der Waals surface area contributed by atoms with Crippen LogP contribution in [0.4, 0.5) is 13.2 Å². The van der Waals surface area contributed by atoms with Crippen molar-refractivity contribution >= 4 is 5.97 Å². The summed E-state index contributed by atoms with van der Waals surface area (Å²) in [5.74, 6) is -0.880. The lowest BCUT2D eigenvalue weighted by molar-refractivity contribution is -0.138. The van der Waals surface area contributed by atoms with Crippen LogP contribution in [0.1, 0.15) is 11.1 Å². The number of alkyl halides is 3. The number of nitrogens with zero attached hydrogens (tertiary/aromatic N) is 1. The lowest BCUT2D eigenvalue weighted by Gasteiger charge is -2.09. The van der Waals surface area contributed by atoms with E-state index in [9.17, 15) is 18.0 Å². The van der Waals surface area contributed by atoms with E-state index < -0.39 is 17.7 Å². The number of aromatic nitrogens is 1. The van der Waals surface area contributed by atoms with Crippen molar-refractivity contribution in [3.05, 3.63) is 53.7 Å². The number of aliphatic carboxylic acids is 1. The van der Waals surface area contributed by atoms with E-state index in [1.807, 2.05) is 0 Å². The van der Waals surface area contributed by atoms with Crippen LogP contribution in [0.5, 0.6) is 11.6 Å². The zero-order valence-electron chi connectivity index (χ0n) is 10.6. The molecule has 7 heteroatoms. The predicted octanol–water partition coefficient (Wildman–Crippen LogP) is 3.52. The van der Waals surface area contributed by atoms with Crippen LogP contribution >= 0.6 is 0 Å². The minimum absolute atomic E-state index is 0.137. The molecule has 0 amide bonds. The quantitative estimate of drug-likeness (QED) is 0.938. The second-order valence-corrected chi connectivity index (χ2v) is 4.20. The van der Waals surface area contributed by atoms with Crippen molar-refractivity contribution in [2.24, 2.45) is 0 Å². The largest absolute Gasteiger partial charge is 0.481 e. The summed E-state index contributed by atoms with van der Waals surface area (Å²) >= 11 is 0. The fraction of sp³-hybridized carbons (Fsp3) is 0.143. The van der Waals surface area contributed by atoms with E-state index in [-0.39, 0.29) is 18.1 Å². The summed E-state index contributed by atoms with van der Waals surface area (Å²) in [4.78, 5) is 14.2. The minimum atomic E-state index is -4.47. The summed E-state index contributed by atoms with van der Waals surface area (Å²) in [6.45, 7) is 0. The molecule has 1 aromatic carbocycles. The van der Waals surface area contributed by atoms with Crippen LogP contribution in [0, 0.1) is 0 Å². The molecule has 0 aliphatic rings. The third kappa shape index (κ3) is 4.20. The van der Waals surface area contributed by atoms with Gasteiger partial charge in [0.15, 0.2) is 0 Å². The lowest BCUT2D eigenvalue weighted by Crippen LogP contribution is -2.05. The molecule has 0 aliphatic heterocycles. The Kier molecular flexibility index (Phi) is 4.11. The van der Waals surface area contributed by atoms with E-state index in [4.69, 9.17) is 9.84 Å². The highest BCUT2D eigenvalue weighted by Crippen LogP contribution is 2.31. The monoisotopic (exact) mass is 297 g/mol. The highest BCUT2D eigenvalue weighted by atomic mass is 19.4. The average molecular weight is 297 g/mol. The fourth-order valence-corrected chi connectivity index (χ4v) is 1.61. The maximum Gasteiger partial charge on any atom is 0.416 e. The van der Waals surface area contributed by atoms with Crippen molar-refractivity contribution in [2.45, 2.75) is 12.6 Å². The first-order valence-electron chi connectivity index (χ1n) is 5.86. The predicted molar refractivity (Wildman–Crippen MR) is 67.1 cm³/mol. The van der Waals surface area contributed by atoms with Crippen molar-refractivity contribution in [3.63, 3.8) is 0 Å². The normalized spacial score (nSPS) is 11.2. The maximum absolute atomic E-state index is 12.5. The smallest absolute Gasteiger partial charge is 0.416 e. The highest BCUT2D eigenvalue weighted by molar-refractivity contribution is 5.70. The third-order valence-corrected chi connectivity index (χ3v) is 2.56. The number of ether oxygens (including phenoxy) is 1. The van der Waals surface area contributed by atoms with E-state index in [1.54, 1.807) is 0 Å². The number of halogens is 3. The third-order valence-electron chi connectivity index (χ3n) is 2.56. The van der Waals surface area contributed by atoms with Crippen LogP contribution in [-0.2, 0) is 17.4 Å². The molecule has 2 aromatic rings. The van der Waals surface area contributed by atoms with Gasteiger partial charge in [-0.05, 0) is 23.8 Å². The number of pyridine rings is 1. The van der Waals surface area contributed by atoms with E-state index in [2.05, 4.69) is 4.98 Å². The summed E-state index contributed by atoms with van der Waals surface area (Å²) in [5, 5.41) is 8.63. The molecular weight excluding hydrogens is 287 g/mol. The molecule has 110 valence electrons. The van der Waals surface area contributed by atoms with Gasteiger partial charge >= 0.3 is 12.1 Å². The van der Waals surface area contributed by atoms with Gasteiger partial charge in [0, 0.05) is 12.3 Å². The Morgan fingerprint density at radius 3 is 2.43 bits per heavy atom. The molecule has 2 rings (SSSR count).